The Morgan fingerprint density at radius 1 is 1.16 bits per heavy atom. The van der Waals surface area contributed by atoms with Crippen molar-refractivity contribution in [2.75, 3.05) is 4.72 Å². The Morgan fingerprint density at radius 2 is 1.88 bits per heavy atom. The van der Waals surface area contributed by atoms with Crippen LogP contribution in [0, 0.1) is 20.8 Å². The highest BCUT2D eigenvalue weighted by Crippen LogP contribution is 2.26. The fourth-order valence-corrected chi connectivity index (χ4v) is 3.94. The molecule has 25 heavy (non-hydrogen) atoms. The lowest BCUT2D eigenvalue weighted by Crippen LogP contribution is -2.16. The minimum atomic E-state index is -3.96. The number of carboxylic acids is 1. The van der Waals surface area contributed by atoms with Gasteiger partial charge in [-0.3, -0.25) is 4.72 Å². The van der Waals surface area contributed by atoms with Gasteiger partial charge in [-0.15, -0.1) is 0 Å². The zero-order valence-corrected chi connectivity index (χ0v) is 14.6. The molecule has 7 nitrogen and oxygen atoms in total. The summed E-state index contributed by atoms with van der Waals surface area (Å²) in [6, 6.07) is 7.35. The van der Waals surface area contributed by atoms with Crippen LogP contribution in [0.4, 0.5) is 5.69 Å². The molecule has 0 fully saturated rings. The Bertz CT molecular complexity index is 1100. The second-order valence-electron chi connectivity index (χ2n) is 5.74. The van der Waals surface area contributed by atoms with Crippen molar-refractivity contribution in [3.63, 3.8) is 0 Å². The van der Waals surface area contributed by atoms with Crippen molar-refractivity contribution in [1.82, 2.24) is 4.98 Å². The van der Waals surface area contributed by atoms with E-state index in [0.29, 0.717) is 33.8 Å². The van der Waals surface area contributed by atoms with Crippen LogP contribution in [0.15, 0.2) is 39.6 Å². The van der Waals surface area contributed by atoms with Crippen molar-refractivity contribution >= 4 is 32.8 Å². The molecule has 0 saturated carbocycles. The molecule has 0 spiro atoms. The molecule has 3 aromatic rings. The summed E-state index contributed by atoms with van der Waals surface area (Å²) in [6.07, 6.45) is 0. The first-order valence-corrected chi connectivity index (χ1v) is 8.90. The van der Waals surface area contributed by atoms with Gasteiger partial charge in [0.15, 0.2) is 11.5 Å². The highest BCUT2D eigenvalue weighted by molar-refractivity contribution is 7.92. The van der Waals surface area contributed by atoms with Gasteiger partial charge in [0, 0.05) is 6.92 Å². The average Bonchev–Trinajstić information content (AvgIpc) is 2.88. The number of rotatable bonds is 4. The second kappa shape index (κ2) is 5.89. The van der Waals surface area contributed by atoms with Crippen molar-refractivity contribution in [3.8, 4) is 0 Å². The summed E-state index contributed by atoms with van der Waals surface area (Å²) in [5, 5.41) is 9.17. The van der Waals surface area contributed by atoms with Gasteiger partial charge in [0.2, 0.25) is 0 Å². The molecule has 0 aliphatic rings. The smallest absolute Gasteiger partial charge is 0.335 e. The summed E-state index contributed by atoms with van der Waals surface area (Å²) >= 11 is 0. The minimum Gasteiger partial charge on any atom is -0.478 e. The summed E-state index contributed by atoms with van der Waals surface area (Å²) in [6.45, 7) is 5.01. The molecule has 0 aliphatic heterocycles. The lowest BCUT2D eigenvalue weighted by atomic mass is 10.1. The lowest BCUT2D eigenvalue weighted by molar-refractivity contribution is 0.0696. The van der Waals surface area contributed by atoms with Gasteiger partial charge in [-0.1, -0.05) is 0 Å². The fraction of sp³-hybridized carbons (Fsp3) is 0.176. The summed E-state index contributed by atoms with van der Waals surface area (Å²) in [4.78, 5) is 15.3. The van der Waals surface area contributed by atoms with Crippen molar-refractivity contribution < 1.29 is 22.7 Å². The second-order valence-corrected chi connectivity index (χ2v) is 7.39. The SMILES string of the molecule is Cc1nc2cc(NS(=O)(=O)c3cc(C(=O)O)cc(C)c3C)ccc2o1. The zero-order chi connectivity index (χ0) is 18.4. The van der Waals surface area contributed by atoms with Crippen molar-refractivity contribution in [1.29, 1.82) is 0 Å². The predicted octanol–water partition coefficient (Wildman–Crippen LogP) is 3.25. The Morgan fingerprint density at radius 3 is 2.56 bits per heavy atom. The molecular weight excluding hydrogens is 344 g/mol. The molecule has 0 aliphatic carbocycles. The molecule has 2 N–H and O–H groups in total. The number of aromatic nitrogens is 1. The van der Waals surface area contributed by atoms with E-state index in [1.807, 2.05) is 0 Å². The van der Waals surface area contributed by atoms with Gasteiger partial charge >= 0.3 is 5.97 Å². The third-order valence-corrected chi connectivity index (χ3v) is 5.41. The first-order chi connectivity index (χ1) is 11.7. The van der Waals surface area contributed by atoms with Crippen molar-refractivity contribution in [2.24, 2.45) is 0 Å². The van der Waals surface area contributed by atoms with Gasteiger partial charge in [-0.05, 0) is 55.3 Å². The first-order valence-electron chi connectivity index (χ1n) is 7.42. The molecule has 0 bridgehead atoms. The Labute approximate surface area is 144 Å². The molecule has 0 atom stereocenters. The summed E-state index contributed by atoms with van der Waals surface area (Å²) in [5.74, 6) is -0.699. The number of anilines is 1. The number of nitrogens with zero attached hydrogens (tertiary/aromatic N) is 1. The number of aromatic carboxylic acids is 1. The largest absolute Gasteiger partial charge is 0.478 e. The molecule has 2 aromatic carbocycles. The van der Waals surface area contributed by atoms with Crippen molar-refractivity contribution in [3.05, 3.63) is 52.9 Å². The highest BCUT2D eigenvalue weighted by Gasteiger charge is 2.21. The third kappa shape index (κ3) is 3.20. The number of sulfonamides is 1. The van der Waals surface area contributed by atoms with Crippen molar-refractivity contribution in [2.45, 2.75) is 25.7 Å². The molecule has 0 saturated heterocycles. The molecule has 3 rings (SSSR count). The van der Waals surface area contributed by atoms with E-state index in [9.17, 15) is 13.2 Å². The number of oxazole rings is 1. The van der Waals surface area contributed by atoms with Crippen LogP contribution in [0.3, 0.4) is 0 Å². The number of nitrogens with one attached hydrogen (secondary N) is 1. The van der Waals surface area contributed by atoms with E-state index in [1.165, 1.54) is 6.07 Å². The lowest BCUT2D eigenvalue weighted by Gasteiger charge is -2.13. The third-order valence-electron chi connectivity index (χ3n) is 3.90. The van der Waals surface area contributed by atoms with Crippen LogP contribution in [0.1, 0.15) is 27.4 Å². The number of aryl methyl sites for hydroxylation is 2. The van der Waals surface area contributed by atoms with Crippen LogP contribution >= 0.6 is 0 Å². The first kappa shape index (κ1) is 17.0. The molecule has 8 heteroatoms. The average molecular weight is 360 g/mol. The Balaban J connectivity index is 2.05. The van der Waals surface area contributed by atoms with Crippen LogP contribution in [0.5, 0.6) is 0 Å². The maximum Gasteiger partial charge on any atom is 0.335 e. The fourth-order valence-electron chi connectivity index (χ4n) is 2.55. The highest BCUT2D eigenvalue weighted by atomic mass is 32.2. The number of carbonyl (C=O) groups is 1. The molecule has 0 radical (unpaired) electrons. The molecule has 0 amide bonds. The summed E-state index contributed by atoms with van der Waals surface area (Å²) in [7, 11) is -3.96. The number of carboxylic acid groups (broad SMARTS) is 1. The number of hydrogen-bond donors (Lipinski definition) is 2. The van der Waals surface area contributed by atoms with E-state index in [-0.39, 0.29) is 10.5 Å². The molecule has 0 unspecified atom stereocenters. The van der Waals surface area contributed by atoms with Gasteiger partial charge in [-0.2, -0.15) is 0 Å². The standard InChI is InChI=1S/C17H16N2O5S/c1-9-6-12(17(20)21)7-16(10(9)2)25(22,23)19-13-4-5-15-14(8-13)18-11(3)24-15/h4-8,19H,1-3H3,(H,20,21). The minimum absolute atomic E-state index is 0.0682. The van der Waals surface area contributed by atoms with Gasteiger partial charge in [0.1, 0.15) is 5.52 Å². The van der Waals surface area contributed by atoms with Gasteiger partial charge in [-0.25, -0.2) is 18.2 Å². The van der Waals surface area contributed by atoms with E-state index in [0.717, 1.165) is 6.07 Å². The summed E-state index contributed by atoms with van der Waals surface area (Å²) in [5.41, 5.74) is 2.41. The van der Waals surface area contributed by atoms with Gasteiger partial charge in [0.25, 0.3) is 10.0 Å². The molecule has 1 heterocycles. The Kier molecular flexibility index (Phi) is 4.00. The van der Waals surface area contributed by atoms with E-state index in [1.54, 1.807) is 39.0 Å². The normalized spacial score (nSPS) is 11.6. The number of fused-ring (bicyclic) bond motifs is 1. The van der Waals surface area contributed by atoms with Crippen LogP contribution in [0.25, 0.3) is 11.1 Å². The topological polar surface area (TPSA) is 110 Å². The number of benzene rings is 2. The number of hydrogen-bond acceptors (Lipinski definition) is 5. The quantitative estimate of drug-likeness (QED) is 0.739. The molecule has 130 valence electrons. The maximum atomic E-state index is 12.7. The Hall–Kier alpha value is -2.87. The maximum absolute atomic E-state index is 12.7. The molecular formula is C17H16N2O5S. The van der Waals surface area contributed by atoms with Crippen LogP contribution in [0.2, 0.25) is 0 Å². The van der Waals surface area contributed by atoms with E-state index >= 15 is 0 Å². The van der Waals surface area contributed by atoms with E-state index in [2.05, 4.69) is 9.71 Å². The molecule has 1 aromatic heterocycles. The van der Waals surface area contributed by atoms with E-state index < -0.39 is 16.0 Å². The van der Waals surface area contributed by atoms with Gasteiger partial charge in [0.05, 0.1) is 16.1 Å². The predicted molar refractivity (Wildman–Crippen MR) is 92.4 cm³/mol. The van der Waals surface area contributed by atoms with E-state index in [4.69, 9.17) is 9.52 Å². The van der Waals surface area contributed by atoms with Crippen LogP contribution < -0.4 is 4.72 Å². The van der Waals surface area contributed by atoms with Crippen LogP contribution in [-0.2, 0) is 10.0 Å². The summed E-state index contributed by atoms with van der Waals surface area (Å²) < 4.78 is 33.3. The van der Waals surface area contributed by atoms with Gasteiger partial charge < -0.3 is 9.52 Å². The van der Waals surface area contributed by atoms with Crippen LogP contribution in [-0.4, -0.2) is 24.5 Å². The monoisotopic (exact) mass is 360 g/mol. The zero-order valence-electron chi connectivity index (χ0n) is 13.8.